The van der Waals surface area contributed by atoms with E-state index in [1.165, 1.54) is 76.3 Å². The Morgan fingerprint density at radius 1 is 0.661 bits per heavy atom. The molecule has 9 amide bonds. The molecular formula is C88H107ClN12O26. The van der Waals surface area contributed by atoms with Gasteiger partial charge >= 0.3 is 0 Å². The van der Waals surface area contributed by atoms with E-state index in [2.05, 4.69) is 47.9 Å². The quantitative estimate of drug-likeness (QED) is 0.0488. The highest BCUT2D eigenvalue weighted by Crippen LogP contribution is 2.55. The van der Waals surface area contributed by atoms with Gasteiger partial charge in [0.25, 0.3) is 5.91 Å². The van der Waals surface area contributed by atoms with E-state index >= 15 is 28.8 Å². The van der Waals surface area contributed by atoms with E-state index < -0.39 is 227 Å². The molecule has 6 aromatic rings. The number of aliphatic hydroxyl groups excluding tert-OH is 6. The Morgan fingerprint density at radius 3 is 1.94 bits per heavy atom. The van der Waals surface area contributed by atoms with Gasteiger partial charge in [-0.05, 0) is 202 Å². The second kappa shape index (κ2) is 38.5. The van der Waals surface area contributed by atoms with Crippen molar-refractivity contribution >= 4 is 64.8 Å². The SMILES string of the molecule is CN[C@H](CC(C)C)C(=O)N[C@H]1C(=O)N[C@@H](CC(=O)NC(=O)c2ccc(OCCN)c(OCCN)c2)C(=O)N[C@H]2C(=O)N[C@H]3C(=O)N[C@H](C(=O)N[C@H](C(=O)NC4C5CC6CC(C5)CC4C6)c4cc(O)cc(O)c4-c4cc3ccc4O)[C@H](O)c3ccc(c(Cl)c3)Oc3cc2cc(c3O[C@@H]2O[C@H](CO)[C@@H](O)[C@H](O)[C@H]2O[C@H]2C[C@](C)(N)[C@H](O)[C@H](C)O2)Oc2ccc(cc2C)[C@H]1O. The summed E-state index contributed by atoms with van der Waals surface area (Å²) in [5, 5.41) is 131. The number of carbonyl (C=O) groups is 9. The van der Waals surface area contributed by atoms with Gasteiger partial charge in [0.1, 0.15) is 109 Å². The zero-order chi connectivity index (χ0) is 91.0. The van der Waals surface area contributed by atoms with Crippen molar-refractivity contribution in [2.75, 3.05) is 40.0 Å². The number of amides is 9. The molecule has 15 bridgehead atoms. The molecule has 11 aliphatic rings. The molecule has 0 radical (unpaired) electrons. The van der Waals surface area contributed by atoms with Crippen molar-refractivity contribution in [3.63, 3.8) is 0 Å². The third-order valence-electron chi connectivity index (χ3n) is 24.8. The molecule has 127 heavy (non-hydrogen) atoms. The Kier molecular flexibility index (Phi) is 27.9. The Balaban J connectivity index is 0.967. The highest BCUT2D eigenvalue weighted by Gasteiger charge is 2.53. The number of imide groups is 1. The van der Waals surface area contributed by atoms with Crippen molar-refractivity contribution in [1.29, 1.82) is 0 Å². The first kappa shape index (κ1) is 92.1. The fourth-order valence-corrected chi connectivity index (χ4v) is 18.8. The molecule has 0 unspecified atom stereocenters. The number of fused-ring (bicyclic) bond motifs is 15. The lowest BCUT2D eigenvalue weighted by atomic mass is 9.54. The van der Waals surface area contributed by atoms with Crippen LogP contribution in [0, 0.1) is 36.5 Å². The third-order valence-corrected chi connectivity index (χ3v) is 25.1. The smallest absolute Gasteiger partial charge is 0.257 e. The minimum Gasteiger partial charge on any atom is -0.508 e. The molecule has 0 aromatic heterocycles. The zero-order valence-electron chi connectivity index (χ0n) is 70.3. The highest BCUT2D eigenvalue weighted by molar-refractivity contribution is 6.32. The van der Waals surface area contributed by atoms with Crippen LogP contribution in [0.15, 0.2) is 97.1 Å². The Bertz CT molecular complexity index is 5170. The highest BCUT2D eigenvalue weighted by atomic mass is 35.5. The Labute approximate surface area is 733 Å². The van der Waals surface area contributed by atoms with Crippen molar-refractivity contribution in [2.45, 2.75) is 201 Å². The first-order valence-corrected chi connectivity index (χ1v) is 42.6. The van der Waals surface area contributed by atoms with Crippen LogP contribution in [0.3, 0.4) is 0 Å². The van der Waals surface area contributed by atoms with Gasteiger partial charge in [-0.1, -0.05) is 43.6 Å². The molecule has 682 valence electrons. The van der Waals surface area contributed by atoms with Crippen molar-refractivity contribution in [2.24, 2.45) is 46.8 Å². The van der Waals surface area contributed by atoms with E-state index in [9.17, 15) is 60.3 Å². The minimum absolute atomic E-state index is 0.00890. The number of hydrogen-bond donors (Lipinski definition) is 21. The van der Waals surface area contributed by atoms with Crippen LogP contribution in [0.5, 0.6) is 57.5 Å². The average molecular weight is 1780 g/mol. The molecule has 4 aliphatic carbocycles. The molecule has 18 atom stereocenters. The molecular weight excluding hydrogens is 1680 g/mol. The largest absolute Gasteiger partial charge is 0.508 e. The summed E-state index contributed by atoms with van der Waals surface area (Å²) < 4.78 is 50.9. The van der Waals surface area contributed by atoms with Gasteiger partial charge in [0.05, 0.1) is 36.3 Å². The van der Waals surface area contributed by atoms with E-state index in [1.807, 2.05) is 13.8 Å². The number of halogens is 1. The number of aliphatic hydroxyl groups is 6. The van der Waals surface area contributed by atoms with Crippen molar-refractivity contribution in [3.05, 3.63) is 141 Å². The van der Waals surface area contributed by atoms with Gasteiger partial charge in [0.2, 0.25) is 59.3 Å². The summed E-state index contributed by atoms with van der Waals surface area (Å²) >= 11 is 7.31. The van der Waals surface area contributed by atoms with Crippen LogP contribution < -0.4 is 88.7 Å². The summed E-state index contributed by atoms with van der Waals surface area (Å²) in [6, 6.07) is 4.20. The number of hydrogen-bond acceptors (Lipinski definition) is 30. The molecule has 39 heteroatoms. The number of rotatable bonds is 21. The summed E-state index contributed by atoms with van der Waals surface area (Å²) in [4.78, 5) is 140. The van der Waals surface area contributed by atoms with Gasteiger partial charge in [0, 0.05) is 53.8 Å². The summed E-state index contributed by atoms with van der Waals surface area (Å²) in [7, 11) is 1.48. The number of aromatic hydroxyl groups is 3. The molecule has 7 heterocycles. The van der Waals surface area contributed by atoms with Crippen molar-refractivity contribution in [3.8, 4) is 68.6 Å². The van der Waals surface area contributed by atoms with Crippen LogP contribution in [0.4, 0.5) is 0 Å². The van der Waals surface area contributed by atoms with E-state index in [0.29, 0.717) is 11.8 Å². The first-order valence-electron chi connectivity index (χ1n) is 42.2. The van der Waals surface area contributed by atoms with E-state index in [0.717, 1.165) is 80.6 Å². The number of aryl methyl sites for hydroxylation is 1. The molecule has 24 N–H and O–H groups in total. The number of phenolic OH excluding ortho intramolecular Hbond substituents is 3. The monoisotopic (exact) mass is 1780 g/mol. The average Bonchev–Trinajstić information content (AvgIpc) is 0.755. The molecule has 4 saturated carbocycles. The first-order chi connectivity index (χ1) is 60.5. The lowest BCUT2D eigenvalue weighted by Gasteiger charge is -2.54. The maximum absolute atomic E-state index is 16.7. The number of nitrogens with one attached hydrogen (secondary N) is 9. The predicted octanol–water partition coefficient (Wildman–Crippen LogP) is 1.76. The summed E-state index contributed by atoms with van der Waals surface area (Å²) in [5.41, 5.74) is 14.5. The van der Waals surface area contributed by atoms with Gasteiger partial charge in [-0.3, -0.25) is 48.5 Å². The molecule has 0 spiro atoms. The summed E-state index contributed by atoms with van der Waals surface area (Å²) in [6.07, 6.45) is -14.5. The third kappa shape index (κ3) is 19.8. The topological polar surface area (TPSA) is 596 Å². The lowest BCUT2D eigenvalue weighted by molar-refractivity contribution is -0.333. The molecule has 38 nitrogen and oxygen atoms in total. The predicted molar refractivity (Wildman–Crippen MR) is 449 cm³/mol. The minimum atomic E-state index is -2.42. The van der Waals surface area contributed by atoms with Crippen LogP contribution in [0.1, 0.15) is 153 Å². The Hall–Kier alpha value is -11.1. The summed E-state index contributed by atoms with van der Waals surface area (Å²) in [5.74, 6) is -14.3. The van der Waals surface area contributed by atoms with E-state index in [4.69, 9.17) is 66.7 Å². The maximum atomic E-state index is 16.7. The Morgan fingerprint density at radius 2 is 1.30 bits per heavy atom. The van der Waals surface area contributed by atoms with Crippen LogP contribution in [-0.2, 0) is 52.6 Å². The second-order valence-corrected chi connectivity index (χ2v) is 34.9. The standard InChI is InChI=1S/C88H107ClN12O26/c1-36(2)19-52(93-6)80(113)100-70-72(107)42-8-12-56(37(3)20-42)123-60-29-47-30-61(76(60)127-87-77(75(110)74(109)62(35-102)125-87)126-64-34-88(5,92)78(111)38(4)122-64)124-57-13-9-43(27-51(57)89)73(108)71-86(119)99-69(84(117)96-66-45-22-39-21-40(24-45)25-46(66)23-39)50-31-48(103)32-55(105)65(50)49-26-41(7-11-54(49)104)67(82(115)101-71)98-83(116)68(47)97-81(114)53(94-85(70)118)33-63(106)95-79(112)44-10-14-58(120-17-15-90)59(28-44)121-18-16-91/h7-14,20,26-32,36,38-40,45-46,52-53,62,64,66-75,77-78,87,93,102-105,107-111H,15-19,21-25,33-35,90-92H2,1-6H3,(H,94,118)(H,96,117)(H,97,114)(H,98,116)(H,99,119)(H,100,113)(H,101,115)(H,95,106,112)/t38-,39?,40?,45?,46?,52+,53-,62+,64-,66?,67+,68+,69-,70+,71-,72+,73+,74+,75-,77+,78+,87-,88-/m0/s1. The van der Waals surface area contributed by atoms with E-state index in [1.54, 1.807) is 0 Å². The fraction of sp³-hybridized carbons (Fsp3) is 0.489. The fourth-order valence-electron chi connectivity index (χ4n) is 18.6. The number of phenols is 3. The number of benzene rings is 6. The van der Waals surface area contributed by atoms with Crippen LogP contribution in [0.2, 0.25) is 5.02 Å². The van der Waals surface area contributed by atoms with Crippen molar-refractivity contribution < 1.29 is 127 Å². The van der Waals surface area contributed by atoms with E-state index in [-0.39, 0.29) is 124 Å². The van der Waals surface area contributed by atoms with Gasteiger partial charge in [-0.15, -0.1) is 0 Å². The van der Waals surface area contributed by atoms with Crippen molar-refractivity contribution in [1.82, 2.24) is 47.9 Å². The van der Waals surface area contributed by atoms with Crippen LogP contribution in [-0.4, -0.2) is 224 Å². The molecule has 6 fully saturated rings. The van der Waals surface area contributed by atoms with Gasteiger partial charge in [0.15, 0.2) is 35.4 Å². The zero-order valence-corrected chi connectivity index (χ0v) is 71.0. The molecule has 17 rings (SSSR count). The second-order valence-electron chi connectivity index (χ2n) is 34.5. The van der Waals surface area contributed by atoms with Gasteiger partial charge in [-0.25, -0.2) is 0 Å². The maximum Gasteiger partial charge on any atom is 0.257 e. The van der Waals surface area contributed by atoms with Crippen LogP contribution >= 0.6 is 11.6 Å². The molecule has 6 aromatic carbocycles. The normalized spacial score (nSPS) is 30.0. The number of nitrogens with two attached hydrogens (primary N) is 3. The summed E-state index contributed by atoms with van der Waals surface area (Å²) in [6.45, 7) is 7.27. The number of ether oxygens (including phenoxy) is 8. The van der Waals surface area contributed by atoms with Gasteiger partial charge in [-0.2, -0.15) is 0 Å². The van der Waals surface area contributed by atoms with Crippen LogP contribution in [0.25, 0.3) is 11.1 Å². The number of carbonyl (C=O) groups excluding carboxylic acids is 9. The lowest BCUT2D eigenvalue weighted by Crippen LogP contribution is -2.64. The number of likely N-dealkylation sites (N-methyl/N-ethyl adjacent to an activating group) is 1. The molecule has 2 saturated heterocycles. The molecule has 7 aliphatic heterocycles. The van der Waals surface area contributed by atoms with Gasteiger partial charge < -0.3 is 144 Å².